The summed E-state index contributed by atoms with van der Waals surface area (Å²) in [5.41, 5.74) is 1.16. The Kier molecular flexibility index (Phi) is 6.08. The van der Waals surface area contributed by atoms with E-state index >= 15 is 0 Å². The van der Waals surface area contributed by atoms with Crippen LogP contribution in [-0.2, 0) is 9.59 Å². The monoisotopic (exact) mass is 387 g/mol. The van der Waals surface area contributed by atoms with Crippen LogP contribution in [0.3, 0.4) is 0 Å². The number of nitrogens with one attached hydrogen (secondary N) is 2. The molecule has 2 aromatic carbocycles. The van der Waals surface area contributed by atoms with Gasteiger partial charge < -0.3 is 15.4 Å². The van der Waals surface area contributed by atoms with E-state index in [-0.39, 0.29) is 24.1 Å². The Morgan fingerprint density at radius 2 is 1.93 bits per heavy atom. The molecule has 2 N–H and O–H groups in total. The number of thioether (sulfide) groups is 1. The van der Waals surface area contributed by atoms with Crippen molar-refractivity contribution in [1.82, 2.24) is 5.32 Å². The summed E-state index contributed by atoms with van der Waals surface area (Å²) in [7, 11) is 0. The summed E-state index contributed by atoms with van der Waals surface area (Å²) < 4.78 is 18.3. The molecule has 1 aliphatic rings. The minimum atomic E-state index is -0.563. The van der Waals surface area contributed by atoms with E-state index in [9.17, 15) is 14.0 Å². The lowest BCUT2D eigenvalue weighted by molar-refractivity contribution is -0.122. The van der Waals surface area contributed by atoms with Gasteiger partial charge in [-0.25, -0.2) is 9.38 Å². The number of hydrogen-bond donors (Lipinski definition) is 2. The zero-order chi connectivity index (χ0) is 19.2. The highest BCUT2D eigenvalue weighted by atomic mass is 32.2. The van der Waals surface area contributed by atoms with Crippen LogP contribution in [0.15, 0.2) is 53.5 Å². The molecule has 0 aliphatic carbocycles. The van der Waals surface area contributed by atoms with Gasteiger partial charge in [-0.15, -0.1) is 0 Å². The normalized spacial score (nSPS) is 17.6. The lowest BCUT2D eigenvalue weighted by Crippen LogP contribution is -2.28. The van der Waals surface area contributed by atoms with Gasteiger partial charge in [0.05, 0.1) is 12.3 Å². The average Bonchev–Trinajstić information content (AvgIpc) is 2.98. The summed E-state index contributed by atoms with van der Waals surface area (Å²) in [4.78, 5) is 28.6. The lowest BCUT2D eigenvalue weighted by Gasteiger charge is -2.07. The number of carbonyl (C=O) groups excluding carboxylic acids is 2. The molecule has 0 spiro atoms. The molecule has 2 aromatic rings. The van der Waals surface area contributed by atoms with Crippen LogP contribution in [0, 0.1) is 5.82 Å². The quantitative estimate of drug-likeness (QED) is 0.795. The number of carbonyl (C=O) groups is 2. The van der Waals surface area contributed by atoms with Crippen LogP contribution in [0.25, 0.3) is 0 Å². The zero-order valence-corrected chi connectivity index (χ0v) is 15.4. The van der Waals surface area contributed by atoms with E-state index in [1.165, 1.54) is 36.0 Å². The maximum absolute atomic E-state index is 12.9. The van der Waals surface area contributed by atoms with Gasteiger partial charge in [0.1, 0.15) is 16.8 Å². The first-order valence-electron chi connectivity index (χ1n) is 8.38. The van der Waals surface area contributed by atoms with Crippen molar-refractivity contribution >= 4 is 40.1 Å². The minimum Gasteiger partial charge on any atom is -0.494 e. The molecule has 1 saturated heterocycles. The van der Waals surface area contributed by atoms with Crippen LogP contribution < -0.4 is 15.4 Å². The second-order valence-electron chi connectivity index (χ2n) is 5.70. The molecule has 0 saturated carbocycles. The standard InChI is InChI=1S/C19H18FN3O3S/c1-2-26-15-9-7-14(8-10-15)22-19-23-18(25)16(27-19)11-17(24)21-13-5-3-12(20)4-6-13/h3-10,16H,2,11H2,1H3,(H,21,24)(H,22,23,25)/t16-/m1/s1. The number of hydrogen-bond acceptors (Lipinski definition) is 5. The van der Waals surface area contributed by atoms with Gasteiger partial charge in [0.2, 0.25) is 11.8 Å². The molecule has 1 atom stereocenters. The van der Waals surface area contributed by atoms with E-state index in [0.717, 1.165) is 5.75 Å². The van der Waals surface area contributed by atoms with E-state index < -0.39 is 5.25 Å². The van der Waals surface area contributed by atoms with E-state index in [1.54, 1.807) is 24.3 Å². The Balaban J connectivity index is 1.57. The molecule has 140 valence electrons. The van der Waals surface area contributed by atoms with Gasteiger partial charge >= 0.3 is 0 Å². The molecular weight excluding hydrogens is 369 g/mol. The van der Waals surface area contributed by atoms with Gasteiger partial charge in [0, 0.05) is 12.1 Å². The van der Waals surface area contributed by atoms with Crippen molar-refractivity contribution in [2.24, 2.45) is 4.99 Å². The van der Waals surface area contributed by atoms with E-state index in [2.05, 4.69) is 15.6 Å². The summed E-state index contributed by atoms with van der Waals surface area (Å²) in [6.45, 7) is 2.49. The number of ether oxygens (including phenoxy) is 1. The maximum atomic E-state index is 12.9. The Bertz CT molecular complexity index is 854. The highest BCUT2D eigenvalue weighted by Crippen LogP contribution is 2.26. The van der Waals surface area contributed by atoms with Crippen molar-refractivity contribution in [2.75, 3.05) is 11.9 Å². The first kappa shape index (κ1) is 18.9. The minimum absolute atomic E-state index is 0.00380. The van der Waals surface area contributed by atoms with Crippen LogP contribution in [0.5, 0.6) is 5.75 Å². The summed E-state index contributed by atoms with van der Waals surface area (Å²) in [5.74, 6) is -0.218. The highest BCUT2D eigenvalue weighted by Gasteiger charge is 2.32. The fourth-order valence-electron chi connectivity index (χ4n) is 2.41. The van der Waals surface area contributed by atoms with Gasteiger partial charge in [0.25, 0.3) is 0 Å². The lowest BCUT2D eigenvalue weighted by atomic mass is 10.2. The summed E-state index contributed by atoms with van der Waals surface area (Å²) in [6.07, 6.45) is -0.00380. The third kappa shape index (κ3) is 5.30. The predicted molar refractivity (Wildman–Crippen MR) is 104 cm³/mol. The Hall–Kier alpha value is -2.87. The number of anilines is 1. The van der Waals surface area contributed by atoms with Crippen molar-refractivity contribution in [3.63, 3.8) is 0 Å². The fraction of sp³-hybridized carbons (Fsp3) is 0.211. The molecular formula is C19H18FN3O3S. The van der Waals surface area contributed by atoms with Gasteiger partial charge in [-0.2, -0.15) is 0 Å². The maximum Gasteiger partial charge on any atom is 0.240 e. The first-order chi connectivity index (χ1) is 13.0. The Labute approximate surface area is 160 Å². The summed E-state index contributed by atoms with van der Waals surface area (Å²) in [5, 5.41) is 5.21. The molecule has 1 fully saturated rings. The number of rotatable bonds is 6. The third-order valence-electron chi connectivity index (χ3n) is 3.65. The molecule has 27 heavy (non-hydrogen) atoms. The van der Waals surface area contributed by atoms with Gasteiger partial charge in [-0.1, -0.05) is 11.8 Å². The molecule has 0 radical (unpaired) electrons. The number of nitrogens with zero attached hydrogens (tertiary/aromatic N) is 1. The molecule has 2 amide bonds. The zero-order valence-electron chi connectivity index (χ0n) is 14.6. The number of aliphatic imine (C=N–C) groups is 1. The molecule has 3 rings (SSSR count). The molecule has 0 unspecified atom stereocenters. The van der Waals surface area contributed by atoms with Gasteiger partial charge in [0.15, 0.2) is 5.17 Å². The number of halogens is 1. The second-order valence-corrected chi connectivity index (χ2v) is 6.89. The number of amidine groups is 1. The van der Waals surface area contributed by atoms with Crippen molar-refractivity contribution in [1.29, 1.82) is 0 Å². The SMILES string of the molecule is CCOc1ccc(N=C2NC(=O)[C@@H](CC(=O)Nc3ccc(F)cc3)S2)cc1. The first-order valence-corrected chi connectivity index (χ1v) is 9.26. The van der Waals surface area contributed by atoms with E-state index in [1.807, 2.05) is 6.92 Å². The molecule has 1 aliphatic heterocycles. The predicted octanol–water partition coefficient (Wildman–Crippen LogP) is 3.47. The fourth-order valence-corrected chi connectivity index (χ4v) is 3.39. The van der Waals surface area contributed by atoms with Crippen LogP contribution in [-0.4, -0.2) is 28.8 Å². The van der Waals surface area contributed by atoms with E-state index in [4.69, 9.17) is 4.74 Å². The van der Waals surface area contributed by atoms with Crippen molar-refractivity contribution in [3.8, 4) is 5.75 Å². The second kappa shape index (κ2) is 8.68. The molecule has 8 heteroatoms. The Morgan fingerprint density at radius 3 is 2.59 bits per heavy atom. The van der Waals surface area contributed by atoms with Gasteiger partial charge in [-0.05, 0) is 55.5 Å². The summed E-state index contributed by atoms with van der Waals surface area (Å²) in [6, 6.07) is 12.6. The molecule has 0 aromatic heterocycles. The van der Waals surface area contributed by atoms with Crippen molar-refractivity contribution < 1.29 is 18.7 Å². The van der Waals surface area contributed by atoms with Crippen LogP contribution in [0.4, 0.5) is 15.8 Å². The Morgan fingerprint density at radius 1 is 1.22 bits per heavy atom. The van der Waals surface area contributed by atoms with Crippen molar-refractivity contribution in [2.45, 2.75) is 18.6 Å². The highest BCUT2D eigenvalue weighted by molar-refractivity contribution is 8.15. The summed E-state index contributed by atoms with van der Waals surface area (Å²) >= 11 is 1.21. The number of amides is 2. The third-order valence-corrected chi connectivity index (χ3v) is 4.74. The van der Waals surface area contributed by atoms with Crippen LogP contribution >= 0.6 is 11.8 Å². The largest absolute Gasteiger partial charge is 0.494 e. The van der Waals surface area contributed by atoms with E-state index in [0.29, 0.717) is 23.1 Å². The van der Waals surface area contributed by atoms with Crippen molar-refractivity contribution in [3.05, 3.63) is 54.3 Å². The topological polar surface area (TPSA) is 79.8 Å². The van der Waals surface area contributed by atoms with Crippen LogP contribution in [0.2, 0.25) is 0 Å². The smallest absolute Gasteiger partial charge is 0.240 e. The molecule has 1 heterocycles. The van der Waals surface area contributed by atoms with Crippen LogP contribution in [0.1, 0.15) is 13.3 Å². The number of benzene rings is 2. The molecule has 6 nitrogen and oxygen atoms in total. The molecule has 0 bridgehead atoms. The average molecular weight is 387 g/mol. The van der Waals surface area contributed by atoms with Gasteiger partial charge in [-0.3, -0.25) is 9.59 Å².